The van der Waals surface area contributed by atoms with Crippen molar-refractivity contribution in [3.8, 4) is 0 Å². The number of hydrogen-bond donors (Lipinski definition) is 2. The zero-order chi connectivity index (χ0) is 15.1. The predicted molar refractivity (Wildman–Crippen MR) is 91.5 cm³/mol. The van der Waals surface area contributed by atoms with Crippen molar-refractivity contribution in [3.63, 3.8) is 0 Å². The van der Waals surface area contributed by atoms with Crippen LogP contribution in [0.4, 0.5) is 5.69 Å². The van der Waals surface area contributed by atoms with Gasteiger partial charge in [-0.1, -0.05) is 12.1 Å². The molecule has 1 aromatic carbocycles. The zero-order valence-electron chi connectivity index (χ0n) is 12.5. The van der Waals surface area contributed by atoms with Gasteiger partial charge in [-0.25, -0.2) is 0 Å². The molecule has 0 saturated carbocycles. The SMILES string of the molecule is COC(=O)CSCc1cccc(NC(=O)C2CCCN2)c1.Cl. The minimum Gasteiger partial charge on any atom is -0.468 e. The smallest absolute Gasteiger partial charge is 0.315 e. The quantitative estimate of drug-likeness (QED) is 0.774. The van der Waals surface area contributed by atoms with E-state index in [-0.39, 0.29) is 30.3 Å². The Hall–Kier alpha value is -1.24. The number of rotatable bonds is 6. The summed E-state index contributed by atoms with van der Waals surface area (Å²) >= 11 is 1.49. The van der Waals surface area contributed by atoms with Gasteiger partial charge in [-0.2, -0.15) is 0 Å². The van der Waals surface area contributed by atoms with Crippen LogP contribution in [-0.4, -0.2) is 37.3 Å². The monoisotopic (exact) mass is 344 g/mol. The van der Waals surface area contributed by atoms with Gasteiger partial charge in [0.15, 0.2) is 0 Å². The molecule has 1 saturated heterocycles. The lowest BCUT2D eigenvalue weighted by molar-refractivity contribution is -0.137. The number of anilines is 1. The number of thioether (sulfide) groups is 1. The van der Waals surface area contributed by atoms with E-state index in [2.05, 4.69) is 15.4 Å². The average Bonchev–Trinajstić information content (AvgIpc) is 3.02. The van der Waals surface area contributed by atoms with Gasteiger partial charge < -0.3 is 15.4 Å². The summed E-state index contributed by atoms with van der Waals surface area (Å²) in [6.45, 7) is 0.905. The van der Waals surface area contributed by atoms with E-state index >= 15 is 0 Å². The minimum atomic E-state index is -0.225. The molecule has 0 bridgehead atoms. The van der Waals surface area contributed by atoms with Gasteiger partial charge in [-0.3, -0.25) is 9.59 Å². The summed E-state index contributed by atoms with van der Waals surface area (Å²) in [5.41, 5.74) is 1.87. The molecule has 5 nitrogen and oxygen atoms in total. The van der Waals surface area contributed by atoms with Crippen LogP contribution in [0.3, 0.4) is 0 Å². The van der Waals surface area contributed by atoms with Crippen molar-refractivity contribution in [2.24, 2.45) is 0 Å². The molecule has 1 aliphatic heterocycles. The van der Waals surface area contributed by atoms with Crippen molar-refractivity contribution in [2.45, 2.75) is 24.6 Å². The molecule has 122 valence electrons. The van der Waals surface area contributed by atoms with Crippen LogP contribution in [0.5, 0.6) is 0 Å². The molecule has 2 N–H and O–H groups in total. The van der Waals surface area contributed by atoms with Crippen molar-refractivity contribution in [3.05, 3.63) is 29.8 Å². The number of amides is 1. The Labute approximate surface area is 141 Å². The number of esters is 1. The third kappa shape index (κ3) is 5.87. The maximum atomic E-state index is 12.0. The van der Waals surface area contributed by atoms with Gasteiger partial charge >= 0.3 is 5.97 Å². The molecule has 22 heavy (non-hydrogen) atoms. The molecule has 1 aromatic rings. The van der Waals surface area contributed by atoms with E-state index in [0.29, 0.717) is 11.5 Å². The molecule has 2 rings (SSSR count). The Morgan fingerprint density at radius 2 is 2.27 bits per heavy atom. The van der Waals surface area contributed by atoms with E-state index in [9.17, 15) is 9.59 Å². The number of nitrogens with one attached hydrogen (secondary N) is 2. The molecule has 1 unspecified atom stereocenters. The van der Waals surface area contributed by atoms with Crippen LogP contribution >= 0.6 is 24.2 Å². The maximum absolute atomic E-state index is 12.0. The summed E-state index contributed by atoms with van der Waals surface area (Å²) in [6, 6.07) is 7.63. The van der Waals surface area contributed by atoms with E-state index in [4.69, 9.17) is 0 Å². The fraction of sp³-hybridized carbons (Fsp3) is 0.467. The van der Waals surface area contributed by atoms with Gasteiger partial charge in [0.05, 0.1) is 18.9 Å². The van der Waals surface area contributed by atoms with Crippen LogP contribution in [0.2, 0.25) is 0 Å². The van der Waals surface area contributed by atoms with E-state index in [1.165, 1.54) is 18.9 Å². The highest BCUT2D eigenvalue weighted by Crippen LogP contribution is 2.17. The Morgan fingerprint density at radius 1 is 1.45 bits per heavy atom. The molecular weight excluding hydrogens is 324 g/mol. The molecular formula is C15H21ClN2O3S. The summed E-state index contributed by atoms with van der Waals surface area (Å²) in [7, 11) is 1.39. The van der Waals surface area contributed by atoms with Crippen molar-refractivity contribution >= 4 is 41.7 Å². The minimum absolute atomic E-state index is 0. The van der Waals surface area contributed by atoms with E-state index in [0.717, 1.165) is 30.6 Å². The second kappa shape index (κ2) is 9.71. The summed E-state index contributed by atoms with van der Waals surface area (Å²) < 4.78 is 4.60. The zero-order valence-corrected chi connectivity index (χ0v) is 14.1. The standard InChI is InChI=1S/C15H20N2O3S.ClH/c1-20-14(18)10-21-9-11-4-2-5-12(8-11)17-15(19)13-6-3-7-16-13;/h2,4-5,8,13,16H,3,6-7,9-10H2,1H3,(H,17,19);1H. The number of halogens is 1. The van der Waals surface area contributed by atoms with E-state index in [1.807, 2.05) is 24.3 Å². The van der Waals surface area contributed by atoms with Crippen molar-refractivity contribution in [1.82, 2.24) is 5.32 Å². The average molecular weight is 345 g/mol. The summed E-state index contributed by atoms with van der Waals surface area (Å²) in [5, 5.41) is 6.11. The van der Waals surface area contributed by atoms with Crippen LogP contribution in [0.1, 0.15) is 18.4 Å². The second-order valence-corrected chi connectivity index (χ2v) is 5.89. The number of carbonyl (C=O) groups excluding carboxylic acids is 2. The predicted octanol–water partition coefficient (Wildman–Crippen LogP) is 2.21. The van der Waals surface area contributed by atoms with Crippen LogP contribution in [0, 0.1) is 0 Å². The number of benzene rings is 1. The van der Waals surface area contributed by atoms with Gasteiger partial charge in [0, 0.05) is 11.4 Å². The van der Waals surface area contributed by atoms with Crippen molar-refractivity contribution in [1.29, 1.82) is 0 Å². The van der Waals surface area contributed by atoms with Crippen molar-refractivity contribution < 1.29 is 14.3 Å². The molecule has 0 radical (unpaired) electrons. The largest absolute Gasteiger partial charge is 0.468 e. The summed E-state index contributed by atoms with van der Waals surface area (Å²) in [4.78, 5) is 23.1. The maximum Gasteiger partial charge on any atom is 0.315 e. The van der Waals surface area contributed by atoms with Crippen LogP contribution < -0.4 is 10.6 Å². The third-order valence-electron chi connectivity index (χ3n) is 3.29. The highest BCUT2D eigenvalue weighted by molar-refractivity contribution is 7.99. The second-order valence-electron chi connectivity index (χ2n) is 4.91. The van der Waals surface area contributed by atoms with Crippen LogP contribution in [0.25, 0.3) is 0 Å². The third-order valence-corrected chi connectivity index (χ3v) is 4.26. The highest BCUT2D eigenvalue weighted by Gasteiger charge is 2.21. The van der Waals surface area contributed by atoms with Gasteiger partial charge in [-0.15, -0.1) is 24.2 Å². The first-order valence-electron chi connectivity index (χ1n) is 6.97. The molecule has 1 fully saturated rings. The first-order valence-corrected chi connectivity index (χ1v) is 8.12. The molecule has 0 spiro atoms. The lowest BCUT2D eigenvalue weighted by Gasteiger charge is -2.12. The van der Waals surface area contributed by atoms with E-state index < -0.39 is 0 Å². The fourth-order valence-corrected chi connectivity index (χ4v) is 2.99. The lowest BCUT2D eigenvalue weighted by atomic mass is 10.2. The normalized spacial score (nSPS) is 16.7. The lowest BCUT2D eigenvalue weighted by Crippen LogP contribution is -2.35. The van der Waals surface area contributed by atoms with Crippen molar-refractivity contribution in [2.75, 3.05) is 24.7 Å². The number of ether oxygens (including phenoxy) is 1. The van der Waals surface area contributed by atoms with Gasteiger partial charge in [0.2, 0.25) is 5.91 Å². The van der Waals surface area contributed by atoms with Crippen LogP contribution in [0.15, 0.2) is 24.3 Å². The Balaban J connectivity index is 0.00000242. The molecule has 1 amide bonds. The number of carbonyl (C=O) groups is 2. The van der Waals surface area contributed by atoms with E-state index in [1.54, 1.807) is 0 Å². The molecule has 0 aliphatic carbocycles. The van der Waals surface area contributed by atoms with Gasteiger partial charge in [-0.05, 0) is 37.1 Å². The van der Waals surface area contributed by atoms with Gasteiger partial charge in [0.1, 0.15) is 0 Å². The topological polar surface area (TPSA) is 67.4 Å². The Kier molecular flexibility index (Phi) is 8.30. The molecule has 1 aliphatic rings. The highest BCUT2D eigenvalue weighted by atomic mass is 35.5. The fourth-order valence-electron chi connectivity index (χ4n) is 2.19. The summed E-state index contributed by atoms with van der Waals surface area (Å²) in [6.07, 6.45) is 1.93. The van der Waals surface area contributed by atoms with Gasteiger partial charge in [0.25, 0.3) is 0 Å². The molecule has 0 aromatic heterocycles. The van der Waals surface area contributed by atoms with Crippen LogP contribution in [-0.2, 0) is 20.1 Å². The number of hydrogen-bond acceptors (Lipinski definition) is 5. The molecule has 7 heteroatoms. The summed E-state index contributed by atoms with van der Waals surface area (Å²) in [5.74, 6) is 0.836. The first kappa shape index (κ1) is 18.8. The molecule has 1 atom stereocenters. The molecule has 1 heterocycles. The Morgan fingerprint density at radius 3 is 2.95 bits per heavy atom. The number of methoxy groups -OCH3 is 1. The first-order chi connectivity index (χ1) is 10.2. The Bertz CT molecular complexity index is 507.